The summed E-state index contributed by atoms with van der Waals surface area (Å²) < 4.78 is 5.24. The third-order valence-corrected chi connectivity index (χ3v) is 3.21. The Balaban J connectivity index is 2.28. The van der Waals surface area contributed by atoms with E-state index in [0.717, 1.165) is 13.1 Å². The van der Waals surface area contributed by atoms with Crippen molar-refractivity contribution >= 4 is 6.09 Å². The SMILES string of the molecule is CC(C)N1CCC[C@@H](CNC(=O)OC(C)(C)C)C1. The third-order valence-electron chi connectivity index (χ3n) is 3.21. The van der Waals surface area contributed by atoms with Crippen LogP contribution in [0.3, 0.4) is 0 Å². The molecule has 18 heavy (non-hydrogen) atoms. The summed E-state index contributed by atoms with van der Waals surface area (Å²) in [5.41, 5.74) is -0.416. The molecule has 1 atom stereocenters. The molecule has 1 fully saturated rings. The zero-order valence-corrected chi connectivity index (χ0v) is 12.5. The molecule has 4 heteroatoms. The molecular weight excluding hydrogens is 228 g/mol. The van der Waals surface area contributed by atoms with E-state index in [1.165, 1.54) is 19.4 Å². The van der Waals surface area contributed by atoms with Gasteiger partial charge in [0.15, 0.2) is 0 Å². The normalized spacial score (nSPS) is 22.0. The molecule has 0 spiro atoms. The summed E-state index contributed by atoms with van der Waals surface area (Å²) in [4.78, 5) is 14.0. The number of amides is 1. The lowest BCUT2D eigenvalue weighted by atomic mass is 9.97. The van der Waals surface area contributed by atoms with Crippen LogP contribution in [0.4, 0.5) is 4.79 Å². The van der Waals surface area contributed by atoms with Gasteiger partial charge in [0.2, 0.25) is 0 Å². The molecule has 0 radical (unpaired) electrons. The second kappa shape index (κ2) is 6.41. The van der Waals surface area contributed by atoms with Gasteiger partial charge in [-0.15, -0.1) is 0 Å². The van der Waals surface area contributed by atoms with Crippen LogP contribution in [0.15, 0.2) is 0 Å². The van der Waals surface area contributed by atoms with Crippen LogP contribution in [0.5, 0.6) is 0 Å². The van der Waals surface area contributed by atoms with Gasteiger partial charge < -0.3 is 15.0 Å². The zero-order chi connectivity index (χ0) is 13.8. The molecular formula is C14H28N2O2. The first-order chi connectivity index (χ1) is 8.28. The highest BCUT2D eigenvalue weighted by Gasteiger charge is 2.23. The Morgan fingerprint density at radius 2 is 2.11 bits per heavy atom. The minimum atomic E-state index is -0.416. The fourth-order valence-corrected chi connectivity index (χ4v) is 2.27. The van der Waals surface area contributed by atoms with Crippen LogP contribution in [-0.4, -0.2) is 42.3 Å². The van der Waals surface area contributed by atoms with Gasteiger partial charge in [-0.25, -0.2) is 4.79 Å². The van der Waals surface area contributed by atoms with Crippen LogP contribution in [0.25, 0.3) is 0 Å². The molecule has 0 unspecified atom stereocenters. The number of nitrogens with one attached hydrogen (secondary N) is 1. The van der Waals surface area contributed by atoms with Gasteiger partial charge in [0.25, 0.3) is 0 Å². The number of alkyl carbamates (subject to hydrolysis) is 1. The standard InChI is InChI=1S/C14H28N2O2/c1-11(2)16-8-6-7-12(10-16)9-15-13(17)18-14(3,4)5/h11-12H,6-10H2,1-5H3,(H,15,17)/t12-/m0/s1. The van der Waals surface area contributed by atoms with Gasteiger partial charge >= 0.3 is 6.09 Å². The van der Waals surface area contributed by atoms with Crippen molar-refractivity contribution in [1.82, 2.24) is 10.2 Å². The topological polar surface area (TPSA) is 41.6 Å². The fraction of sp³-hybridized carbons (Fsp3) is 0.929. The summed E-state index contributed by atoms with van der Waals surface area (Å²) in [5, 5.41) is 2.88. The van der Waals surface area contributed by atoms with Gasteiger partial charge in [-0.2, -0.15) is 0 Å². The van der Waals surface area contributed by atoms with Gasteiger partial charge in [0.05, 0.1) is 0 Å². The van der Waals surface area contributed by atoms with Gasteiger partial charge in [0, 0.05) is 19.1 Å². The molecule has 1 N–H and O–H groups in total. The molecule has 1 saturated heterocycles. The lowest BCUT2D eigenvalue weighted by Crippen LogP contribution is -2.44. The Kier molecular flexibility index (Phi) is 5.45. The van der Waals surface area contributed by atoms with Crippen LogP contribution in [0.2, 0.25) is 0 Å². The second-order valence-corrected chi connectivity index (χ2v) is 6.48. The van der Waals surface area contributed by atoms with E-state index in [9.17, 15) is 4.79 Å². The summed E-state index contributed by atoms with van der Waals surface area (Å²) in [7, 11) is 0. The number of carbonyl (C=O) groups is 1. The van der Waals surface area contributed by atoms with E-state index < -0.39 is 5.60 Å². The molecule has 1 rings (SSSR count). The number of hydrogen-bond donors (Lipinski definition) is 1. The average Bonchev–Trinajstić information content (AvgIpc) is 2.24. The summed E-state index contributed by atoms with van der Waals surface area (Å²) in [6, 6.07) is 0.592. The molecule has 0 aromatic carbocycles. The van der Waals surface area contributed by atoms with E-state index in [1.807, 2.05) is 20.8 Å². The van der Waals surface area contributed by atoms with E-state index in [4.69, 9.17) is 4.74 Å². The Morgan fingerprint density at radius 3 is 2.67 bits per heavy atom. The molecule has 1 amide bonds. The average molecular weight is 256 g/mol. The molecule has 0 aliphatic carbocycles. The molecule has 0 bridgehead atoms. The Hall–Kier alpha value is -0.770. The molecule has 1 heterocycles. The van der Waals surface area contributed by atoms with Crippen molar-refractivity contribution in [2.45, 2.75) is 59.1 Å². The quantitative estimate of drug-likeness (QED) is 0.844. The van der Waals surface area contributed by atoms with Crippen LogP contribution in [0, 0.1) is 5.92 Å². The van der Waals surface area contributed by atoms with E-state index >= 15 is 0 Å². The highest BCUT2D eigenvalue weighted by atomic mass is 16.6. The Bertz CT molecular complexity index is 271. The van der Waals surface area contributed by atoms with Crippen molar-refractivity contribution in [3.8, 4) is 0 Å². The number of hydrogen-bond acceptors (Lipinski definition) is 3. The summed E-state index contributed by atoms with van der Waals surface area (Å²) in [6.07, 6.45) is 2.11. The first-order valence-electron chi connectivity index (χ1n) is 6.99. The minimum absolute atomic E-state index is 0.302. The third kappa shape index (κ3) is 5.71. The van der Waals surface area contributed by atoms with Crippen molar-refractivity contribution in [1.29, 1.82) is 0 Å². The number of nitrogens with zero attached hydrogens (tertiary/aromatic N) is 1. The first kappa shape index (κ1) is 15.3. The maximum absolute atomic E-state index is 11.6. The number of rotatable bonds is 3. The van der Waals surface area contributed by atoms with Crippen LogP contribution >= 0.6 is 0 Å². The van der Waals surface area contributed by atoms with E-state index in [1.54, 1.807) is 0 Å². The van der Waals surface area contributed by atoms with Crippen LogP contribution in [0.1, 0.15) is 47.5 Å². The highest BCUT2D eigenvalue weighted by Crippen LogP contribution is 2.17. The number of likely N-dealkylation sites (tertiary alicyclic amines) is 1. The van der Waals surface area contributed by atoms with Crippen molar-refractivity contribution in [3.63, 3.8) is 0 Å². The molecule has 0 saturated carbocycles. The smallest absolute Gasteiger partial charge is 0.407 e. The lowest BCUT2D eigenvalue weighted by molar-refractivity contribution is 0.0503. The maximum Gasteiger partial charge on any atom is 0.407 e. The number of carbonyl (C=O) groups excluding carboxylic acids is 1. The summed E-state index contributed by atoms with van der Waals surface area (Å²) in [5.74, 6) is 0.550. The van der Waals surface area contributed by atoms with Crippen LogP contribution in [-0.2, 0) is 4.74 Å². The number of piperidine rings is 1. The van der Waals surface area contributed by atoms with Crippen molar-refractivity contribution < 1.29 is 9.53 Å². The van der Waals surface area contributed by atoms with Crippen molar-refractivity contribution in [2.75, 3.05) is 19.6 Å². The van der Waals surface area contributed by atoms with Crippen LogP contribution < -0.4 is 5.32 Å². The predicted molar refractivity (Wildman–Crippen MR) is 73.7 cm³/mol. The zero-order valence-electron chi connectivity index (χ0n) is 12.5. The fourth-order valence-electron chi connectivity index (χ4n) is 2.27. The molecule has 1 aliphatic heterocycles. The monoisotopic (exact) mass is 256 g/mol. The second-order valence-electron chi connectivity index (χ2n) is 6.48. The van der Waals surface area contributed by atoms with E-state index in [2.05, 4.69) is 24.1 Å². The molecule has 0 aromatic heterocycles. The molecule has 1 aliphatic rings. The summed E-state index contributed by atoms with van der Waals surface area (Å²) >= 11 is 0. The number of ether oxygens (including phenoxy) is 1. The van der Waals surface area contributed by atoms with Gasteiger partial charge in [0.1, 0.15) is 5.60 Å². The maximum atomic E-state index is 11.6. The largest absolute Gasteiger partial charge is 0.444 e. The Morgan fingerprint density at radius 1 is 1.44 bits per heavy atom. The molecule has 106 valence electrons. The van der Waals surface area contributed by atoms with E-state index in [-0.39, 0.29) is 6.09 Å². The van der Waals surface area contributed by atoms with E-state index in [0.29, 0.717) is 12.0 Å². The predicted octanol–water partition coefficient (Wildman–Crippen LogP) is 2.63. The molecule has 4 nitrogen and oxygen atoms in total. The molecule has 0 aromatic rings. The van der Waals surface area contributed by atoms with Crippen molar-refractivity contribution in [2.24, 2.45) is 5.92 Å². The van der Waals surface area contributed by atoms with Gasteiger partial charge in [-0.05, 0) is 59.9 Å². The highest BCUT2D eigenvalue weighted by molar-refractivity contribution is 5.67. The first-order valence-corrected chi connectivity index (χ1v) is 6.99. The van der Waals surface area contributed by atoms with Gasteiger partial charge in [-0.3, -0.25) is 0 Å². The van der Waals surface area contributed by atoms with Crippen molar-refractivity contribution in [3.05, 3.63) is 0 Å². The summed E-state index contributed by atoms with van der Waals surface area (Å²) in [6.45, 7) is 13.1. The van der Waals surface area contributed by atoms with Gasteiger partial charge in [-0.1, -0.05) is 0 Å². The minimum Gasteiger partial charge on any atom is -0.444 e. The Labute approximate surface area is 111 Å². The lowest BCUT2D eigenvalue weighted by Gasteiger charge is -2.35.